The lowest BCUT2D eigenvalue weighted by Crippen LogP contribution is -2.46. The molecule has 0 radical (unpaired) electrons. The number of halogens is 1. The molecule has 130 valence electrons. The maximum absolute atomic E-state index is 12.1. The Morgan fingerprint density at radius 2 is 2.05 bits per heavy atom. The van der Waals surface area contributed by atoms with Gasteiger partial charge in [0.15, 0.2) is 0 Å². The van der Waals surface area contributed by atoms with Crippen molar-refractivity contribution in [2.45, 2.75) is 32.6 Å². The minimum absolute atomic E-state index is 0. The van der Waals surface area contributed by atoms with Gasteiger partial charge in [0.2, 0.25) is 11.8 Å². The Labute approximate surface area is 139 Å². The van der Waals surface area contributed by atoms with Gasteiger partial charge in [-0.2, -0.15) is 0 Å². The predicted octanol–water partition coefficient (Wildman–Crippen LogP) is 0.799. The van der Waals surface area contributed by atoms with Crippen LogP contribution in [-0.4, -0.2) is 63.2 Å². The van der Waals surface area contributed by atoms with Gasteiger partial charge in [0.05, 0.1) is 12.5 Å². The zero-order chi connectivity index (χ0) is 15.5. The first kappa shape index (κ1) is 21.1. The smallest absolute Gasteiger partial charge is 0.224 e. The highest BCUT2D eigenvalue weighted by atomic mass is 35.5. The third-order valence-electron chi connectivity index (χ3n) is 3.69. The number of nitrogens with zero attached hydrogens (tertiary/aromatic N) is 1. The SMILES string of the molecule is CCCC(=O)N1CCCC(C(=O)NCCNCCOC)C1.Cl. The third kappa shape index (κ3) is 7.96. The molecule has 1 unspecified atom stereocenters. The van der Waals surface area contributed by atoms with Gasteiger partial charge in [0.25, 0.3) is 0 Å². The molecule has 0 spiro atoms. The van der Waals surface area contributed by atoms with Crippen LogP contribution in [-0.2, 0) is 14.3 Å². The summed E-state index contributed by atoms with van der Waals surface area (Å²) in [6, 6.07) is 0. The van der Waals surface area contributed by atoms with Crippen molar-refractivity contribution in [3.05, 3.63) is 0 Å². The molecule has 1 atom stereocenters. The molecular formula is C15H30ClN3O3. The Balaban J connectivity index is 0.00000441. The van der Waals surface area contributed by atoms with Gasteiger partial charge in [-0.25, -0.2) is 0 Å². The molecule has 2 amide bonds. The largest absolute Gasteiger partial charge is 0.383 e. The molecule has 0 bridgehead atoms. The van der Waals surface area contributed by atoms with Crippen molar-refractivity contribution in [3.63, 3.8) is 0 Å². The van der Waals surface area contributed by atoms with Gasteiger partial charge in [-0.3, -0.25) is 9.59 Å². The molecule has 0 aromatic carbocycles. The number of piperidine rings is 1. The number of nitrogens with one attached hydrogen (secondary N) is 2. The number of carbonyl (C=O) groups excluding carboxylic acids is 2. The normalized spacial score (nSPS) is 17.7. The van der Waals surface area contributed by atoms with E-state index in [0.717, 1.165) is 38.9 Å². The summed E-state index contributed by atoms with van der Waals surface area (Å²) >= 11 is 0. The van der Waals surface area contributed by atoms with E-state index in [0.29, 0.717) is 26.1 Å². The molecule has 1 saturated heterocycles. The van der Waals surface area contributed by atoms with Crippen LogP contribution in [0, 0.1) is 5.92 Å². The fourth-order valence-electron chi connectivity index (χ4n) is 2.51. The lowest BCUT2D eigenvalue weighted by molar-refractivity contribution is -0.135. The third-order valence-corrected chi connectivity index (χ3v) is 3.69. The summed E-state index contributed by atoms with van der Waals surface area (Å²) in [7, 11) is 1.66. The van der Waals surface area contributed by atoms with Crippen LogP contribution in [0.5, 0.6) is 0 Å². The van der Waals surface area contributed by atoms with Crippen molar-refractivity contribution in [2.75, 3.05) is 46.4 Å². The monoisotopic (exact) mass is 335 g/mol. The summed E-state index contributed by atoms with van der Waals surface area (Å²) in [5.74, 6) is 0.187. The van der Waals surface area contributed by atoms with Crippen molar-refractivity contribution in [1.82, 2.24) is 15.5 Å². The lowest BCUT2D eigenvalue weighted by atomic mass is 9.97. The van der Waals surface area contributed by atoms with Gasteiger partial charge in [0, 0.05) is 46.3 Å². The number of carbonyl (C=O) groups is 2. The van der Waals surface area contributed by atoms with Crippen molar-refractivity contribution >= 4 is 24.2 Å². The summed E-state index contributed by atoms with van der Waals surface area (Å²) in [6.45, 7) is 6.17. The van der Waals surface area contributed by atoms with E-state index in [-0.39, 0.29) is 30.1 Å². The molecule has 0 aliphatic carbocycles. The van der Waals surface area contributed by atoms with Gasteiger partial charge in [0.1, 0.15) is 0 Å². The average Bonchev–Trinajstić information content (AvgIpc) is 2.51. The Hall–Kier alpha value is -0.850. The zero-order valence-corrected chi connectivity index (χ0v) is 14.5. The van der Waals surface area contributed by atoms with Crippen molar-refractivity contribution in [2.24, 2.45) is 5.92 Å². The highest BCUT2D eigenvalue weighted by molar-refractivity contribution is 5.85. The van der Waals surface area contributed by atoms with Crippen LogP contribution in [0.1, 0.15) is 32.6 Å². The molecule has 0 aromatic rings. The van der Waals surface area contributed by atoms with Crippen LogP contribution in [0.25, 0.3) is 0 Å². The van der Waals surface area contributed by atoms with Gasteiger partial charge >= 0.3 is 0 Å². The fourth-order valence-corrected chi connectivity index (χ4v) is 2.51. The van der Waals surface area contributed by atoms with Crippen LogP contribution in [0.3, 0.4) is 0 Å². The second-order valence-corrected chi connectivity index (χ2v) is 5.46. The summed E-state index contributed by atoms with van der Waals surface area (Å²) < 4.78 is 4.93. The van der Waals surface area contributed by atoms with E-state index in [9.17, 15) is 9.59 Å². The van der Waals surface area contributed by atoms with E-state index in [2.05, 4.69) is 10.6 Å². The van der Waals surface area contributed by atoms with Gasteiger partial charge in [-0.05, 0) is 19.3 Å². The van der Waals surface area contributed by atoms with Gasteiger partial charge in [-0.15, -0.1) is 12.4 Å². The summed E-state index contributed by atoms with van der Waals surface area (Å²) in [5, 5.41) is 6.12. The van der Waals surface area contributed by atoms with Gasteiger partial charge in [-0.1, -0.05) is 6.92 Å². The van der Waals surface area contributed by atoms with E-state index >= 15 is 0 Å². The second-order valence-electron chi connectivity index (χ2n) is 5.46. The number of ether oxygens (including phenoxy) is 1. The number of amides is 2. The van der Waals surface area contributed by atoms with E-state index in [4.69, 9.17) is 4.74 Å². The molecular weight excluding hydrogens is 306 g/mol. The quantitative estimate of drug-likeness (QED) is 0.611. The maximum atomic E-state index is 12.1. The van der Waals surface area contributed by atoms with E-state index in [1.807, 2.05) is 11.8 Å². The average molecular weight is 336 g/mol. The van der Waals surface area contributed by atoms with Crippen LogP contribution in [0.15, 0.2) is 0 Å². The minimum Gasteiger partial charge on any atom is -0.383 e. The predicted molar refractivity (Wildman–Crippen MR) is 89.2 cm³/mol. The standard InChI is InChI=1S/C15H29N3O3.ClH/c1-3-5-14(19)18-10-4-6-13(12-18)15(20)17-8-7-16-9-11-21-2;/h13,16H,3-12H2,1-2H3,(H,17,20);1H. The number of rotatable bonds is 9. The van der Waals surface area contributed by atoms with Crippen molar-refractivity contribution in [1.29, 1.82) is 0 Å². The Morgan fingerprint density at radius 3 is 2.73 bits per heavy atom. The van der Waals surface area contributed by atoms with E-state index < -0.39 is 0 Å². The molecule has 1 rings (SSSR count). The van der Waals surface area contributed by atoms with E-state index in [1.165, 1.54) is 0 Å². The number of likely N-dealkylation sites (tertiary alicyclic amines) is 1. The first-order valence-corrected chi connectivity index (χ1v) is 7.94. The Kier molecular flexibility index (Phi) is 12.2. The zero-order valence-electron chi connectivity index (χ0n) is 13.7. The topological polar surface area (TPSA) is 70.7 Å². The molecule has 0 aromatic heterocycles. The second kappa shape index (κ2) is 12.7. The molecule has 22 heavy (non-hydrogen) atoms. The van der Waals surface area contributed by atoms with Crippen LogP contribution >= 0.6 is 12.4 Å². The number of hydrogen-bond acceptors (Lipinski definition) is 4. The van der Waals surface area contributed by atoms with Crippen LogP contribution in [0.4, 0.5) is 0 Å². The molecule has 2 N–H and O–H groups in total. The summed E-state index contributed by atoms with van der Waals surface area (Å²) in [4.78, 5) is 25.9. The molecule has 1 heterocycles. The molecule has 6 nitrogen and oxygen atoms in total. The van der Waals surface area contributed by atoms with Crippen molar-refractivity contribution in [3.8, 4) is 0 Å². The van der Waals surface area contributed by atoms with Crippen LogP contribution < -0.4 is 10.6 Å². The number of methoxy groups -OCH3 is 1. The highest BCUT2D eigenvalue weighted by Gasteiger charge is 2.27. The van der Waals surface area contributed by atoms with E-state index in [1.54, 1.807) is 7.11 Å². The number of hydrogen-bond donors (Lipinski definition) is 2. The Morgan fingerprint density at radius 1 is 1.27 bits per heavy atom. The van der Waals surface area contributed by atoms with Gasteiger partial charge < -0.3 is 20.3 Å². The first-order chi connectivity index (χ1) is 10.2. The lowest BCUT2D eigenvalue weighted by Gasteiger charge is -2.32. The Bertz CT molecular complexity index is 329. The highest BCUT2D eigenvalue weighted by Crippen LogP contribution is 2.17. The summed E-state index contributed by atoms with van der Waals surface area (Å²) in [6.07, 6.45) is 3.23. The molecule has 1 aliphatic rings. The molecule has 1 fully saturated rings. The maximum Gasteiger partial charge on any atom is 0.224 e. The summed E-state index contributed by atoms with van der Waals surface area (Å²) in [5.41, 5.74) is 0. The first-order valence-electron chi connectivity index (χ1n) is 7.94. The molecule has 7 heteroatoms. The molecule has 1 aliphatic heterocycles. The minimum atomic E-state index is -0.0569. The van der Waals surface area contributed by atoms with Crippen LogP contribution in [0.2, 0.25) is 0 Å². The molecule has 0 saturated carbocycles. The van der Waals surface area contributed by atoms with Crippen molar-refractivity contribution < 1.29 is 14.3 Å². The fraction of sp³-hybridized carbons (Fsp3) is 0.867.